The second-order valence-corrected chi connectivity index (χ2v) is 3.90. The van der Waals surface area contributed by atoms with Gasteiger partial charge in [-0.2, -0.15) is 0 Å². The summed E-state index contributed by atoms with van der Waals surface area (Å²) in [6.07, 6.45) is 0. The number of methoxy groups -OCH3 is 1. The van der Waals surface area contributed by atoms with Crippen LogP contribution in [0, 0.1) is 0 Å². The first-order valence-electron chi connectivity index (χ1n) is 4.53. The van der Waals surface area contributed by atoms with Crippen LogP contribution in [0.15, 0.2) is 30.3 Å². The van der Waals surface area contributed by atoms with Gasteiger partial charge in [0.05, 0.1) is 0 Å². The van der Waals surface area contributed by atoms with Crippen molar-refractivity contribution in [3.8, 4) is 0 Å². The van der Waals surface area contributed by atoms with Crippen LogP contribution < -0.4 is 0 Å². The smallest absolute Gasteiger partial charge is 0.274 e. The molecule has 0 aromatic heterocycles. The minimum absolute atomic E-state index is 0.294. The van der Waals surface area contributed by atoms with E-state index in [9.17, 15) is 4.79 Å². The summed E-state index contributed by atoms with van der Waals surface area (Å²) in [5, 5.41) is -1.43. The molecule has 1 rings (SSSR count). The lowest BCUT2D eigenvalue weighted by atomic mass is 10.1. The predicted octanol–water partition coefficient (Wildman–Crippen LogP) is 1.81. The van der Waals surface area contributed by atoms with Crippen LogP contribution in [0.4, 0.5) is 0 Å². The molecule has 3 nitrogen and oxygen atoms in total. The van der Waals surface area contributed by atoms with E-state index in [0.717, 1.165) is 0 Å². The Labute approximate surface area is 94.6 Å². The van der Waals surface area contributed by atoms with E-state index in [2.05, 4.69) is 0 Å². The van der Waals surface area contributed by atoms with Crippen molar-refractivity contribution in [2.75, 3.05) is 21.2 Å². The van der Waals surface area contributed by atoms with Gasteiger partial charge >= 0.3 is 0 Å². The Balaban J connectivity index is 3.11. The SMILES string of the molecule is COC(Cl)(C(=O)N(C)C)c1ccccc1. The first kappa shape index (κ1) is 12.0. The Morgan fingerprint density at radius 2 is 1.87 bits per heavy atom. The lowest BCUT2D eigenvalue weighted by Gasteiger charge is -2.27. The molecule has 0 saturated carbocycles. The Bertz CT molecular complexity index is 340. The highest BCUT2D eigenvalue weighted by Gasteiger charge is 2.39. The third kappa shape index (κ3) is 2.30. The van der Waals surface area contributed by atoms with Gasteiger partial charge < -0.3 is 9.64 Å². The average Bonchev–Trinajstić information content (AvgIpc) is 2.28. The summed E-state index contributed by atoms with van der Waals surface area (Å²) < 4.78 is 5.12. The van der Waals surface area contributed by atoms with Crippen LogP contribution in [-0.2, 0) is 14.6 Å². The van der Waals surface area contributed by atoms with Gasteiger partial charge in [0.15, 0.2) is 0 Å². The molecule has 1 amide bonds. The molecule has 1 atom stereocenters. The summed E-state index contributed by atoms with van der Waals surface area (Å²) in [7, 11) is 4.70. The highest BCUT2D eigenvalue weighted by atomic mass is 35.5. The zero-order valence-electron chi connectivity index (χ0n) is 9.03. The zero-order chi connectivity index (χ0) is 11.5. The lowest BCUT2D eigenvalue weighted by molar-refractivity contribution is -0.144. The second-order valence-electron chi connectivity index (χ2n) is 3.36. The van der Waals surface area contributed by atoms with Gasteiger partial charge in [-0.15, -0.1) is 0 Å². The van der Waals surface area contributed by atoms with E-state index in [0.29, 0.717) is 5.56 Å². The van der Waals surface area contributed by atoms with E-state index in [1.807, 2.05) is 18.2 Å². The molecule has 0 heterocycles. The third-order valence-electron chi connectivity index (χ3n) is 2.11. The number of benzene rings is 1. The molecule has 82 valence electrons. The average molecular weight is 228 g/mol. The first-order valence-corrected chi connectivity index (χ1v) is 4.91. The summed E-state index contributed by atoms with van der Waals surface area (Å²) in [6, 6.07) is 9.01. The maximum atomic E-state index is 11.9. The van der Waals surface area contributed by atoms with E-state index < -0.39 is 5.06 Å². The molecule has 1 aromatic carbocycles. The molecule has 0 radical (unpaired) electrons. The number of rotatable bonds is 3. The molecular weight excluding hydrogens is 214 g/mol. The maximum absolute atomic E-state index is 11.9. The monoisotopic (exact) mass is 227 g/mol. The molecule has 1 aromatic rings. The van der Waals surface area contributed by atoms with Gasteiger partial charge in [0.1, 0.15) is 0 Å². The molecule has 0 bridgehead atoms. The minimum Gasteiger partial charge on any atom is -0.351 e. The van der Waals surface area contributed by atoms with E-state index in [1.165, 1.54) is 12.0 Å². The molecule has 0 N–H and O–H groups in total. The van der Waals surface area contributed by atoms with Crippen molar-refractivity contribution in [3.63, 3.8) is 0 Å². The van der Waals surface area contributed by atoms with Gasteiger partial charge in [-0.25, -0.2) is 0 Å². The quantitative estimate of drug-likeness (QED) is 0.738. The number of ether oxygens (including phenoxy) is 1. The summed E-state index contributed by atoms with van der Waals surface area (Å²) in [6.45, 7) is 0. The third-order valence-corrected chi connectivity index (χ3v) is 2.64. The van der Waals surface area contributed by atoms with Gasteiger partial charge in [-0.3, -0.25) is 4.79 Å². The number of hydrogen-bond acceptors (Lipinski definition) is 2. The van der Waals surface area contributed by atoms with Crippen molar-refractivity contribution in [1.82, 2.24) is 4.90 Å². The summed E-state index contributed by atoms with van der Waals surface area (Å²) >= 11 is 6.18. The molecule has 0 aliphatic carbocycles. The number of carbonyl (C=O) groups is 1. The standard InChI is InChI=1S/C11H14ClNO2/c1-13(2)10(14)11(12,15-3)9-7-5-4-6-8-9/h4-8H,1-3H3. The van der Waals surface area contributed by atoms with Gasteiger partial charge in [-0.1, -0.05) is 41.9 Å². The van der Waals surface area contributed by atoms with E-state index >= 15 is 0 Å². The summed E-state index contributed by atoms with van der Waals surface area (Å²) in [5.74, 6) is -0.294. The van der Waals surface area contributed by atoms with Crippen LogP contribution in [0.5, 0.6) is 0 Å². The summed E-state index contributed by atoms with van der Waals surface area (Å²) in [5.41, 5.74) is 0.632. The molecule has 4 heteroatoms. The number of hydrogen-bond donors (Lipinski definition) is 0. The molecule has 0 aliphatic heterocycles. The fraction of sp³-hybridized carbons (Fsp3) is 0.364. The zero-order valence-corrected chi connectivity index (χ0v) is 9.78. The fourth-order valence-electron chi connectivity index (χ4n) is 1.27. The molecule has 1 unspecified atom stereocenters. The van der Waals surface area contributed by atoms with Crippen LogP contribution in [0.25, 0.3) is 0 Å². The molecule has 0 saturated heterocycles. The number of halogens is 1. The maximum Gasteiger partial charge on any atom is 0.274 e. The number of nitrogens with zero attached hydrogens (tertiary/aromatic N) is 1. The van der Waals surface area contributed by atoms with Crippen molar-refractivity contribution in [3.05, 3.63) is 35.9 Å². The van der Waals surface area contributed by atoms with Crippen molar-refractivity contribution < 1.29 is 9.53 Å². The molecule has 0 aliphatic rings. The van der Waals surface area contributed by atoms with Crippen LogP contribution in [0.3, 0.4) is 0 Å². The molecular formula is C11H14ClNO2. The lowest BCUT2D eigenvalue weighted by Crippen LogP contribution is -2.41. The van der Waals surface area contributed by atoms with Crippen molar-refractivity contribution in [2.45, 2.75) is 5.06 Å². The summed E-state index contributed by atoms with van der Waals surface area (Å²) in [4.78, 5) is 13.3. The van der Waals surface area contributed by atoms with E-state index in [4.69, 9.17) is 16.3 Å². The number of carbonyl (C=O) groups excluding carboxylic acids is 1. The Morgan fingerprint density at radius 1 is 1.33 bits per heavy atom. The predicted molar refractivity (Wildman–Crippen MR) is 59.7 cm³/mol. The Hall–Kier alpha value is -1.06. The van der Waals surface area contributed by atoms with E-state index in [-0.39, 0.29) is 5.91 Å². The molecule has 15 heavy (non-hydrogen) atoms. The molecule has 0 spiro atoms. The fourth-order valence-corrected chi connectivity index (χ4v) is 1.56. The first-order chi connectivity index (χ1) is 7.02. The number of amides is 1. The topological polar surface area (TPSA) is 29.5 Å². The van der Waals surface area contributed by atoms with Crippen molar-refractivity contribution >= 4 is 17.5 Å². The van der Waals surface area contributed by atoms with Gasteiger partial charge in [0, 0.05) is 26.8 Å². The van der Waals surface area contributed by atoms with Crippen LogP contribution in [-0.4, -0.2) is 32.0 Å². The van der Waals surface area contributed by atoms with Crippen LogP contribution in [0.1, 0.15) is 5.56 Å². The van der Waals surface area contributed by atoms with E-state index in [1.54, 1.807) is 26.2 Å². The highest BCUT2D eigenvalue weighted by Crippen LogP contribution is 2.31. The number of alkyl halides is 1. The van der Waals surface area contributed by atoms with Crippen LogP contribution >= 0.6 is 11.6 Å². The van der Waals surface area contributed by atoms with Gasteiger partial charge in [-0.05, 0) is 0 Å². The highest BCUT2D eigenvalue weighted by molar-refractivity contribution is 6.33. The second kappa shape index (κ2) is 4.64. The largest absolute Gasteiger partial charge is 0.351 e. The molecule has 0 fully saturated rings. The Morgan fingerprint density at radius 3 is 2.27 bits per heavy atom. The van der Waals surface area contributed by atoms with Gasteiger partial charge in [0.25, 0.3) is 5.91 Å². The van der Waals surface area contributed by atoms with Crippen molar-refractivity contribution in [1.29, 1.82) is 0 Å². The van der Waals surface area contributed by atoms with Crippen LogP contribution in [0.2, 0.25) is 0 Å². The Kier molecular flexibility index (Phi) is 3.72. The van der Waals surface area contributed by atoms with Gasteiger partial charge in [0.2, 0.25) is 5.06 Å². The minimum atomic E-state index is -1.43. The normalized spacial score (nSPS) is 14.4. The number of likely N-dealkylation sites (N-methyl/N-ethyl adjacent to an activating group) is 1. The van der Waals surface area contributed by atoms with Crippen molar-refractivity contribution in [2.24, 2.45) is 0 Å².